The van der Waals surface area contributed by atoms with Crippen molar-refractivity contribution in [2.75, 3.05) is 0 Å². The molecule has 0 unspecified atom stereocenters. The summed E-state index contributed by atoms with van der Waals surface area (Å²) in [4.78, 5) is 0. The molecule has 0 aliphatic carbocycles. The number of hydrogen-bond donors (Lipinski definition) is 1. The van der Waals surface area contributed by atoms with Gasteiger partial charge < -0.3 is 10.1 Å². The van der Waals surface area contributed by atoms with Crippen LogP contribution in [0.3, 0.4) is 0 Å². The van der Waals surface area contributed by atoms with Crippen LogP contribution in [0.25, 0.3) is 0 Å². The summed E-state index contributed by atoms with van der Waals surface area (Å²) < 4.78 is 6.70. The number of hydrogen-bond acceptors (Lipinski definition) is 2. The van der Waals surface area contributed by atoms with Crippen molar-refractivity contribution in [1.29, 1.82) is 0 Å². The molecule has 0 bridgehead atoms. The third-order valence-electron chi connectivity index (χ3n) is 2.63. The Bertz CT molecular complexity index is 352. The summed E-state index contributed by atoms with van der Waals surface area (Å²) in [7, 11) is 0. The van der Waals surface area contributed by atoms with Crippen molar-refractivity contribution in [3.05, 3.63) is 28.2 Å². The molecule has 1 aromatic rings. The molecule has 17 heavy (non-hydrogen) atoms. The number of benzene rings is 1. The van der Waals surface area contributed by atoms with Crippen LogP contribution >= 0.6 is 15.9 Å². The highest BCUT2D eigenvalue weighted by Crippen LogP contribution is 2.26. The Kier molecular flexibility index (Phi) is 6.00. The third kappa shape index (κ3) is 5.09. The van der Waals surface area contributed by atoms with Crippen LogP contribution in [0.4, 0.5) is 0 Å². The van der Waals surface area contributed by atoms with E-state index in [4.69, 9.17) is 4.74 Å². The fourth-order valence-corrected chi connectivity index (χ4v) is 1.96. The van der Waals surface area contributed by atoms with E-state index in [1.807, 2.05) is 19.9 Å². The highest BCUT2D eigenvalue weighted by molar-refractivity contribution is 9.10. The van der Waals surface area contributed by atoms with Gasteiger partial charge in [-0.15, -0.1) is 0 Å². The van der Waals surface area contributed by atoms with Gasteiger partial charge in [-0.1, -0.05) is 13.0 Å². The Balaban J connectivity index is 2.62. The first kappa shape index (κ1) is 14.5. The van der Waals surface area contributed by atoms with Crippen molar-refractivity contribution in [3.63, 3.8) is 0 Å². The van der Waals surface area contributed by atoms with Gasteiger partial charge in [-0.05, 0) is 60.8 Å². The van der Waals surface area contributed by atoms with Gasteiger partial charge in [0.2, 0.25) is 0 Å². The minimum Gasteiger partial charge on any atom is -0.490 e. The maximum Gasteiger partial charge on any atom is 0.133 e. The minimum atomic E-state index is 0.204. The molecule has 0 saturated carbocycles. The maximum absolute atomic E-state index is 5.68. The predicted octanol–water partition coefficient (Wildman–Crippen LogP) is 4.12. The summed E-state index contributed by atoms with van der Waals surface area (Å²) in [5, 5.41) is 3.47. The van der Waals surface area contributed by atoms with Crippen LogP contribution in [0.5, 0.6) is 5.75 Å². The largest absolute Gasteiger partial charge is 0.490 e. The Morgan fingerprint density at radius 2 is 2.00 bits per heavy atom. The highest BCUT2D eigenvalue weighted by atomic mass is 79.9. The minimum absolute atomic E-state index is 0.204. The lowest BCUT2D eigenvalue weighted by molar-refractivity contribution is 0.241. The van der Waals surface area contributed by atoms with E-state index in [1.165, 1.54) is 5.56 Å². The number of ether oxygens (including phenoxy) is 1. The zero-order valence-electron chi connectivity index (χ0n) is 11.1. The monoisotopic (exact) mass is 299 g/mol. The molecule has 0 amide bonds. The van der Waals surface area contributed by atoms with E-state index in [9.17, 15) is 0 Å². The van der Waals surface area contributed by atoms with Crippen molar-refractivity contribution < 1.29 is 4.74 Å². The summed E-state index contributed by atoms with van der Waals surface area (Å²) in [6.07, 6.45) is 1.35. The van der Waals surface area contributed by atoms with Crippen molar-refractivity contribution >= 4 is 15.9 Å². The number of rotatable bonds is 6. The Hall–Kier alpha value is -0.540. The first-order valence-corrected chi connectivity index (χ1v) is 7.00. The summed E-state index contributed by atoms with van der Waals surface area (Å²) >= 11 is 3.55. The van der Waals surface area contributed by atoms with E-state index in [0.29, 0.717) is 6.04 Å². The van der Waals surface area contributed by atoms with Gasteiger partial charge in [-0.3, -0.25) is 0 Å². The highest BCUT2D eigenvalue weighted by Gasteiger charge is 2.05. The van der Waals surface area contributed by atoms with Crippen LogP contribution in [0, 0.1) is 0 Å². The van der Waals surface area contributed by atoms with Crippen LogP contribution in [0.2, 0.25) is 0 Å². The second-order valence-electron chi connectivity index (χ2n) is 4.62. The van der Waals surface area contributed by atoms with Crippen molar-refractivity contribution in [1.82, 2.24) is 5.32 Å². The molecule has 0 aromatic heterocycles. The zero-order valence-corrected chi connectivity index (χ0v) is 12.7. The lowest BCUT2D eigenvalue weighted by Gasteiger charge is -2.14. The van der Waals surface area contributed by atoms with Crippen LogP contribution < -0.4 is 10.1 Å². The predicted molar refractivity (Wildman–Crippen MR) is 76.5 cm³/mol. The van der Waals surface area contributed by atoms with Crippen LogP contribution in [-0.2, 0) is 6.54 Å². The fourth-order valence-electron chi connectivity index (χ4n) is 1.44. The molecule has 0 aliphatic rings. The first-order valence-electron chi connectivity index (χ1n) is 6.21. The second-order valence-corrected chi connectivity index (χ2v) is 5.48. The van der Waals surface area contributed by atoms with E-state index in [-0.39, 0.29) is 6.10 Å². The molecule has 0 radical (unpaired) electrons. The lowest BCUT2D eigenvalue weighted by atomic mass is 10.2. The first-order chi connectivity index (χ1) is 8.02. The topological polar surface area (TPSA) is 21.3 Å². The molecule has 96 valence electrons. The molecule has 2 nitrogen and oxygen atoms in total. The van der Waals surface area contributed by atoms with Crippen molar-refractivity contribution in [2.45, 2.75) is 52.8 Å². The van der Waals surface area contributed by atoms with Crippen LogP contribution in [0.1, 0.15) is 39.7 Å². The molecule has 0 aliphatic heterocycles. The molecule has 1 aromatic carbocycles. The van der Waals surface area contributed by atoms with Crippen LogP contribution in [-0.4, -0.2) is 12.1 Å². The standard InChI is InChI=1S/C14H22BrNO/c1-5-11(4)16-9-12-6-7-14(13(15)8-12)17-10(2)3/h6-8,10-11,16H,5,9H2,1-4H3/t11-/m0/s1. The normalized spacial score (nSPS) is 12.8. The van der Waals surface area contributed by atoms with E-state index in [1.54, 1.807) is 0 Å². The van der Waals surface area contributed by atoms with Gasteiger partial charge in [-0.25, -0.2) is 0 Å². The van der Waals surface area contributed by atoms with Gasteiger partial charge >= 0.3 is 0 Å². The third-order valence-corrected chi connectivity index (χ3v) is 3.25. The summed E-state index contributed by atoms with van der Waals surface area (Å²) in [5.74, 6) is 0.910. The smallest absolute Gasteiger partial charge is 0.133 e. The number of nitrogens with one attached hydrogen (secondary N) is 1. The van der Waals surface area contributed by atoms with Gasteiger partial charge in [0.15, 0.2) is 0 Å². The van der Waals surface area contributed by atoms with Gasteiger partial charge in [0.05, 0.1) is 10.6 Å². The van der Waals surface area contributed by atoms with Crippen molar-refractivity contribution in [3.8, 4) is 5.75 Å². The molecule has 1 rings (SSSR count). The Morgan fingerprint density at radius 1 is 1.29 bits per heavy atom. The molecular weight excluding hydrogens is 278 g/mol. The quantitative estimate of drug-likeness (QED) is 0.853. The van der Waals surface area contributed by atoms with Gasteiger partial charge in [0.1, 0.15) is 5.75 Å². The van der Waals surface area contributed by atoms with E-state index < -0.39 is 0 Å². The van der Waals surface area contributed by atoms with Gasteiger partial charge in [0.25, 0.3) is 0 Å². The SMILES string of the molecule is CC[C@H](C)NCc1ccc(OC(C)C)c(Br)c1. The molecule has 0 saturated heterocycles. The molecule has 0 spiro atoms. The lowest BCUT2D eigenvalue weighted by Crippen LogP contribution is -2.24. The fraction of sp³-hybridized carbons (Fsp3) is 0.571. The van der Waals surface area contributed by atoms with E-state index in [2.05, 4.69) is 47.2 Å². The van der Waals surface area contributed by atoms with Crippen molar-refractivity contribution in [2.24, 2.45) is 0 Å². The summed E-state index contributed by atoms with van der Waals surface area (Å²) in [6.45, 7) is 9.35. The molecule has 1 atom stereocenters. The summed E-state index contributed by atoms with van der Waals surface area (Å²) in [5.41, 5.74) is 1.27. The van der Waals surface area contributed by atoms with Gasteiger partial charge in [-0.2, -0.15) is 0 Å². The Labute approximate surface area is 113 Å². The molecule has 0 heterocycles. The average Bonchev–Trinajstić information content (AvgIpc) is 2.28. The number of halogens is 1. The van der Waals surface area contributed by atoms with Gasteiger partial charge in [0, 0.05) is 12.6 Å². The van der Waals surface area contributed by atoms with Crippen LogP contribution in [0.15, 0.2) is 22.7 Å². The van der Waals surface area contributed by atoms with E-state index >= 15 is 0 Å². The average molecular weight is 300 g/mol. The Morgan fingerprint density at radius 3 is 2.53 bits per heavy atom. The maximum atomic E-state index is 5.68. The zero-order chi connectivity index (χ0) is 12.8. The molecular formula is C14H22BrNO. The second kappa shape index (κ2) is 7.02. The molecule has 3 heteroatoms. The summed E-state index contributed by atoms with van der Waals surface area (Å²) in [6, 6.07) is 6.81. The van der Waals surface area contributed by atoms with E-state index in [0.717, 1.165) is 23.2 Å². The molecule has 0 fully saturated rings. The molecule has 1 N–H and O–H groups in total.